The lowest BCUT2D eigenvalue weighted by Crippen LogP contribution is -2.09. The van der Waals surface area contributed by atoms with Gasteiger partial charge in [0, 0.05) is 4.90 Å². The van der Waals surface area contributed by atoms with Gasteiger partial charge in [-0.2, -0.15) is 0 Å². The topological polar surface area (TPSA) is 57.5 Å². The molecule has 13 heavy (non-hydrogen) atoms. The van der Waals surface area contributed by atoms with Crippen LogP contribution in [0.1, 0.15) is 0 Å². The molecular formula is C8H7FO3S. The molecule has 1 atom stereocenters. The molecule has 5 heteroatoms. The number of thioether (sulfide) groups is 1. The molecule has 0 spiro atoms. The second kappa shape index (κ2) is 4.13. The van der Waals surface area contributed by atoms with Gasteiger partial charge in [-0.3, -0.25) is 0 Å². The summed E-state index contributed by atoms with van der Waals surface area (Å²) in [4.78, 5) is 10.6. The van der Waals surface area contributed by atoms with Crippen molar-refractivity contribution in [3.8, 4) is 5.75 Å². The molecular weight excluding hydrogens is 195 g/mol. The van der Waals surface area contributed by atoms with E-state index in [4.69, 9.17) is 10.2 Å². The molecule has 1 aromatic carbocycles. The average Bonchev–Trinajstić information content (AvgIpc) is 2.08. The van der Waals surface area contributed by atoms with Crippen molar-refractivity contribution in [3.63, 3.8) is 0 Å². The van der Waals surface area contributed by atoms with E-state index in [0.717, 1.165) is 0 Å². The van der Waals surface area contributed by atoms with Gasteiger partial charge in [-0.25, -0.2) is 9.18 Å². The molecule has 2 N–H and O–H groups in total. The van der Waals surface area contributed by atoms with Gasteiger partial charge in [0.25, 0.3) is 0 Å². The van der Waals surface area contributed by atoms with Crippen LogP contribution in [0.5, 0.6) is 5.75 Å². The van der Waals surface area contributed by atoms with E-state index in [9.17, 15) is 9.18 Å². The van der Waals surface area contributed by atoms with Crippen LogP contribution in [0, 0.1) is 0 Å². The van der Waals surface area contributed by atoms with Crippen LogP contribution < -0.4 is 0 Å². The standard InChI is InChI=1S/C8H7FO3S/c9-7(8(11)12)13-6-3-1-5(10)2-4-6/h1-4,7,10H,(H,11,12). The molecule has 0 saturated heterocycles. The van der Waals surface area contributed by atoms with Crippen molar-refractivity contribution < 1.29 is 19.4 Å². The number of phenolic OH excluding ortho intramolecular Hbond substituents is 1. The van der Waals surface area contributed by atoms with Gasteiger partial charge >= 0.3 is 5.97 Å². The molecule has 0 fully saturated rings. The Kier molecular flexibility index (Phi) is 3.13. The molecule has 0 bridgehead atoms. The number of aromatic hydroxyl groups is 1. The summed E-state index contributed by atoms with van der Waals surface area (Å²) in [6, 6.07) is 5.65. The SMILES string of the molecule is O=C(O)C(F)Sc1ccc(O)cc1. The molecule has 0 saturated carbocycles. The predicted octanol–water partition coefficient (Wildman–Crippen LogP) is 1.86. The van der Waals surface area contributed by atoms with Gasteiger partial charge in [-0.05, 0) is 24.3 Å². The lowest BCUT2D eigenvalue weighted by atomic mass is 10.3. The Hall–Kier alpha value is -1.23. The highest BCUT2D eigenvalue weighted by molar-refractivity contribution is 8.00. The minimum Gasteiger partial charge on any atom is -0.508 e. The number of carbonyl (C=O) groups is 1. The molecule has 0 radical (unpaired) electrons. The zero-order chi connectivity index (χ0) is 9.84. The highest BCUT2D eigenvalue weighted by Crippen LogP contribution is 2.25. The third-order valence-electron chi connectivity index (χ3n) is 1.27. The van der Waals surface area contributed by atoms with Crippen LogP contribution in [0.25, 0.3) is 0 Å². The van der Waals surface area contributed by atoms with Gasteiger partial charge in [-0.1, -0.05) is 11.8 Å². The highest BCUT2D eigenvalue weighted by Gasteiger charge is 2.16. The van der Waals surface area contributed by atoms with E-state index in [-0.39, 0.29) is 5.75 Å². The smallest absolute Gasteiger partial charge is 0.349 e. The fourth-order valence-corrected chi connectivity index (χ4v) is 1.33. The quantitative estimate of drug-likeness (QED) is 0.734. The van der Waals surface area contributed by atoms with E-state index in [1.54, 1.807) is 0 Å². The number of carboxylic acid groups (broad SMARTS) is 1. The summed E-state index contributed by atoms with van der Waals surface area (Å²) in [6.07, 6.45) is 0. The Morgan fingerprint density at radius 3 is 2.38 bits per heavy atom. The summed E-state index contributed by atoms with van der Waals surface area (Å²) < 4.78 is 12.6. The fourth-order valence-electron chi connectivity index (χ4n) is 0.695. The molecule has 0 aromatic heterocycles. The number of hydrogen-bond acceptors (Lipinski definition) is 3. The molecule has 1 unspecified atom stereocenters. The number of rotatable bonds is 3. The summed E-state index contributed by atoms with van der Waals surface area (Å²) >= 11 is 0.583. The summed E-state index contributed by atoms with van der Waals surface area (Å²) in [7, 11) is 0. The van der Waals surface area contributed by atoms with Gasteiger partial charge in [0.15, 0.2) is 0 Å². The minimum atomic E-state index is -1.97. The lowest BCUT2D eigenvalue weighted by Gasteiger charge is -2.02. The number of phenols is 1. The first-order valence-corrected chi connectivity index (χ1v) is 4.30. The molecule has 0 amide bonds. The maximum absolute atomic E-state index is 12.6. The second-order valence-electron chi connectivity index (χ2n) is 2.27. The molecule has 0 aliphatic rings. The van der Waals surface area contributed by atoms with Crippen LogP contribution in [0.4, 0.5) is 4.39 Å². The fraction of sp³-hybridized carbons (Fsp3) is 0.125. The van der Waals surface area contributed by atoms with Crippen molar-refractivity contribution in [2.24, 2.45) is 0 Å². The van der Waals surface area contributed by atoms with E-state index in [1.807, 2.05) is 0 Å². The van der Waals surface area contributed by atoms with Crippen LogP contribution in [-0.2, 0) is 4.79 Å². The van der Waals surface area contributed by atoms with Crippen LogP contribution in [-0.4, -0.2) is 21.7 Å². The third kappa shape index (κ3) is 2.95. The first-order valence-electron chi connectivity index (χ1n) is 3.42. The maximum Gasteiger partial charge on any atom is 0.349 e. The van der Waals surface area contributed by atoms with Crippen molar-refractivity contribution >= 4 is 17.7 Å². The Balaban J connectivity index is 2.64. The first-order chi connectivity index (χ1) is 6.09. The summed E-state index contributed by atoms with van der Waals surface area (Å²) in [5, 5.41) is 17.1. The lowest BCUT2D eigenvalue weighted by molar-refractivity contribution is -0.139. The summed E-state index contributed by atoms with van der Waals surface area (Å²) in [5.41, 5.74) is -1.97. The summed E-state index contributed by atoms with van der Waals surface area (Å²) in [5.74, 6) is -1.44. The zero-order valence-electron chi connectivity index (χ0n) is 6.48. The first kappa shape index (κ1) is 9.85. The van der Waals surface area contributed by atoms with Crippen LogP contribution >= 0.6 is 11.8 Å². The summed E-state index contributed by atoms with van der Waals surface area (Å²) in [6.45, 7) is 0. The van der Waals surface area contributed by atoms with Gasteiger partial charge in [0.05, 0.1) is 0 Å². The minimum absolute atomic E-state index is 0.0649. The highest BCUT2D eigenvalue weighted by atomic mass is 32.2. The number of benzene rings is 1. The van der Waals surface area contributed by atoms with Gasteiger partial charge in [-0.15, -0.1) is 0 Å². The molecule has 0 aliphatic heterocycles. The van der Waals surface area contributed by atoms with Crippen molar-refractivity contribution in [1.29, 1.82) is 0 Å². The molecule has 70 valence electrons. The van der Waals surface area contributed by atoms with Crippen molar-refractivity contribution in [3.05, 3.63) is 24.3 Å². The number of aliphatic carboxylic acids is 1. The molecule has 0 heterocycles. The number of alkyl halides is 1. The van der Waals surface area contributed by atoms with Crippen LogP contribution in [0.3, 0.4) is 0 Å². The van der Waals surface area contributed by atoms with Crippen molar-refractivity contribution in [1.82, 2.24) is 0 Å². The Morgan fingerprint density at radius 1 is 1.38 bits per heavy atom. The average molecular weight is 202 g/mol. The van der Waals surface area contributed by atoms with E-state index in [2.05, 4.69) is 0 Å². The Labute approximate surface area is 78.2 Å². The molecule has 1 rings (SSSR count). The van der Waals surface area contributed by atoms with E-state index in [0.29, 0.717) is 16.7 Å². The number of halogens is 1. The van der Waals surface area contributed by atoms with Gasteiger partial charge < -0.3 is 10.2 Å². The Morgan fingerprint density at radius 2 is 1.92 bits per heavy atom. The largest absolute Gasteiger partial charge is 0.508 e. The zero-order valence-corrected chi connectivity index (χ0v) is 7.29. The maximum atomic E-state index is 12.6. The van der Waals surface area contributed by atoms with Crippen molar-refractivity contribution in [2.45, 2.75) is 10.4 Å². The van der Waals surface area contributed by atoms with Gasteiger partial charge in [0.2, 0.25) is 5.50 Å². The Bertz CT molecular complexity index is 299. The third-order valence-corrected chi connectivity index (χ3v) is 2.22. The molecule has 0 aliphatic carbocycles. The predicted molar refractivity (Wildman–Crippen MR) is 46.5 cm³/mol. The van der Waals surface area contributed by atoms with E-state index >= 15 is 0 Å². The van der Waals surface area contributed by atoms with E-state index < -0.39 is 11.5 Å². The van der Waals surface area contributed by atoms with E-state index in [1.165, 1.54) is 24.3 Å². The second-order valence-corrected chi connectivity index (χ2v) is 3.39. The normalized spacial score (nSPS) is 12.4. The number of hydrogen-bond donors (Lipinski definition) is 2. The molecule has 1 aromatic rings. The number of carboxylic acids is 1. The van der Waals surface area contributed by atoms with Crippen LogP contribution in [0.2, 0.25) is 0 Å². The van der Waals surface area contributed by atoms with Gasteiger partial charge in [0.1, 0.15) is 5.75 Å². The van der Waals surface area contributed by atoms with Crippen molar-refractivity contribution in [2.75, 3.05) is 0 Å². The molecule has 3 nitrogen and oxygen atoms in total. The van der Waals surface area contributed by atoms with Crippen LogP contribution in [0.15, 0.2) is 29.2 Å². The monoisotopic (exact) mass is 202 g/mol.